The molecule has 234 valence electrons. The van der Waals surface area contributed by atoms with Crippen LogP contribution >= 0.6 is 0 Å². The van der Waals surface area contributed by atoms with E-state index in [2.05, 4.69) is 186 Å². The molecule has 0 amide bonds. The highest BCUT2D eigenvalue weighted by molar-refractivity contribution is 6.96. The minimum absolute atomic E-state index is 0.107. The summed E-state index contributed by atoms with van der Waals surface area (Å²) in [4.78, 5) is 7.43. The molecule has 7 aromatic rings. The van der Waals surface area contributed by atoms with Crippen molar-refractivity contribution in [1.82, 2.24) is 4.98 Å². The molecule has 48 heavy (non-hydrogen) atoms. The third-order valence-electron chi connectivity index (χ3n) is 9.62. The first-order valence-electron chi connectivity index (χ1n) is 16.8. The smallest absolute Gasteiger partial charge is 0.244 e. The minimum Gasteiger partial charge on any atom is -0.310 e. The predicted octanol–water partition coefficient (Wildman–Crippen LogP) is 9.74. The summed E-state index contributed by atoms with van der Waals surface area (Å²) in [5.74, 6) is 0. The fourth-order valence-electron chi connectivity index (χ4n) is 7.71. The zero-order valence-electron chi connectivity index (χ0n) is 28.8. The lowest BCUT2D eigenvalue weighted by molar-refractivity contribution is 1.29. The molecule has 0 aliphatic rings. The standard InChI is InChI=1S/C45H41BN2/c1-30-25-32(3)44(33(4)26-30)46(45-34(5)27-31(2)28-35(45)6)38-21-24-42(47-29-38)37-19-22-40(23-20-37)48(39-15-8-7-9-16-39)43-18-12-14-36-13-10-11-17-41(36)43/h7-29H,1-6H3. The highest BCUT2D eigenvalue weighted by atomic mass is 15.1. The molecule has 0 spiro atoms. The molecule has 0 unspecified atom stereocenters. The number of rotatable bonds is 7. The number of aryl methyl sites for hydroxylation is 6. The van der Waals surface area contributed by atoms with Gasteiger partial charge < -0.3 is 4.90 Å². The van der Waals surface area contributed by atoms with E-state index in [0.29, 0.717) is 0 Å². The van der Waals surface area contributed by atoms with Crippen molar-refractivity contribution < 1.29 is 0 Å². The summed E-state index contributed by atoms with van der Waals surface area (Å²) in [6.07, 6.45) is 2.10. The molecule has 6 aromatic carbocycles. The Balaban J connectivity index is 1.28. The van der Waals surface area contributed by atoms with Gasteiger partial charge in [0.15, 0.2) is 0 Å². The Bertz CT molecular complexity index is 2130. The van der Waals surface area contributed by atoms with Gasteiger partial charge in [-0.3, -0.25) is 4.98 Å². The maximum Gasteiger partial charge on any atom is 0.244 e. The van der Waals surface area contributed by atoms with Gasteiger partial charge in [-0.15, -0.1) is 0 Å². The van der Waals surface area contributed by atoms with Gasteiger partial charge in [-0.2, -0.15) is 0 Å². The van der Waals surface area contributed by atoms with Crippen LogP contribution in [0.5, 0.6) is 0 Å². The lowest BCUT2D eigenvalue weighted by atomic mass is 9.34. The van der Waals surface area contributed by atoms with Crippen LogP contribution in [0.25, 0.3) is 22.0 Å². The summed E-state index contributed by atoms with van der Waals surface area (Å²) >= 11 is 0. The third-order valence-corrected chi connectivity index (χ3v) is 9.62. The van der Waals surface area contributed by atoms with Crippen LogP contribution in [0, 0.1) is 41.5 Å². The highest BCUT2D eigenvalue weighted by Gasteiger charge is 2.28. The van der Waals surface area contributed by atoms with E-state index in [0.717, 1.165) is 28.3 Å². The number of benzene rings is 6. The van der Waals surface area contributed by atoms with Crippen LogP contribution in [0.3, 0.4) is 0 Å². The quantitative estimate of drug-likeness (QED) is 0.165. The van der Waals surface area contributed by atoms with Crippen molar-refractivity contribution >= 4 is 50.9 Å². The van der Waals surface area contributed by atoms with Gasteiger partial charge in [0.05, 0.1) is 11.4 Å². The molecular weight excluding hydrogens is 579 g/mol. The number of nitrogens with zero attached hydrogens (tertiary/aromatic N) is 2. The number of hydrogen-bond acceptors (Lipinski definition) is 2. The Morgan fingerprint density at radius 3 is 1.62 bits per heavy atom. The lowest BCUT2D eigenvalue weighted by Crippen LogP contribution is -2.56. The number of aromatic nitrogens is 1. The van der Waals surface area contributed by atoms with E-state index in [1.165, 1.54) is 60.5 Å². The SMILES string of the molecule is Cc1cc(C)c(B(c2ccc(-c3ccc(N(c4ccccc4)c4cccc5ccccc45)cc3)nc2)c2c(C)cc(C)cc2C)c(C)c1. The lowest BCUT2D eigenvalue weighted by Gasteiger charge is -2.27. The molecule has 2 nitrogen and oxygen atoms in total. The van der Waals surface area contributed by atoms with Crippen molar-refractivity contribution in [2.24, 2.45) is 0 Å². The van der Waals surface area contributed by atoms with Crippen molar-refractivity contribution in [3.63, 3.8) is 0 Å². The second kappa shape index (κ2) is 13.0. The van der Waals surface area contributed by atoms with Crippen molar-refractivity contribution in [1.29, 1.82) is 0 Å². The zero-order chi connectivity index (χ0) is 33.4. The first-order chi connectivity index (χ1) is 23.3. The number of fused-ring (bicyclic) bond motifs is 1. The molecule has 0 saturated carbocycles. The normalized spacial score (nSPS) is 11.1. The van der Waals surface area contributed by atoms with Gasteiger partial charge in [0.2, 0.25) is 6.71 Å². The molecule has 0 fully saturated rings. The van der Waals surface area contributed by atoms with Crippen molar-refractivity contribution in [2.45, 2.75) is 41.5 Å². The van der Waals surface area contributed by atoms with Gasteiger partial charge in [-0.25, -0.2) is 0 Å². The molecule has 1 heterocycles. The number of pyridine rings is 1. The Hall–Kier alpha value is -5.41. The van der Waals surface area contributed by atoms with Gasteiger partial charge in [-0.1, -0.05) is 147 Å². The fourth-order valence-corrected chi connectivity index (χ4v) is 7.71. The largest absolute Gasteiger partial charge is 0.310 e. The molecule has 0 aliphatic carbocycles. The summed E-state index contributed by atoms with van der Waals surface area (Å²) in [6.45, 7) is 13.5. The first kappa shape index (κ1) is 31.2. The van der Waals surface area contributed by atoms with Gasteiger partial charge in [0.25, 0.3) is 0 Å². The molecule has 3 heteroatoms. The van der Waals surface area contributed by atoms with E-state index < -0.39 is 0 Å². The van der Waals surface area contributed by atoms with Crippen molar-refractivity contribution in [3.05, 3.63) is 173 Å². The van der Waals surface area contributed by atoms with Crippen molar-refractivity contribution in [3.8, 4) is 11.3 Å². The molecule has 0 bridgehead atoms. The van der Waals surface area contributed by atoms with Crippen LogP contribution in [-0.4, -0.2) is 11.7 Å². The number of anilines is 3. The minimum atomic E-state index is 0.107. The Morgan fingerprint density at radius 1 is 0.500 bits per heavy atom. The van der Waals surface area contributed by atoms with E-state index in [4.69, 9.17) is 4.98 Å². The summed E-state index contributed by atoms with van der Waals surface area (Å²) in [5.41, 5.74) is 17.3. The number of para-hydroxylation sites is 1. The van der Waals surface area contributed by atoms with E-state index in [9.17, 15) is 0 Å². The monoisotopic (exact) mass is 620 g/mol. The highest BCUT2D eigenvalue weighted by Crippen LogP contribution is 2.39. The molecule has 0 N–H and O–H groups in total. The second-order valence-corrected chi connectivity index (χ2v) is 13.3. The average Bonchev–Trinajstić information content (AvgIpc) is 3.08. The van der Waals surface area contributed by atoms with Crippen LogP contribution in [0.2, 0.25) is 0 Å². The van der Waals surface area contributed by atoms with Crippen LogP contribution in [0.4, 0.5) is 17.1 Å². The zero-order valence-corrected chi connectivity index (χ0v) is 28.8. The topological polar surface area (TPSA) is 16.1 Å². The molecular formula is C45H41BN2. The second-order valence-electron chi connectivity index (χ2n) is 13.3. The average molecular weight is 621 g/mol. The van der Waals surface area contributed by atoms with E-state index in [-0.39, 0.29) is 6.71 Å². The molecule has 0 aliphatic heterocycles. The third kappa shape index (κ3) is 5.93. The fraction of sp³-hybridized carbons (Fsp3) is 0.133. The van der Waals surface area contributed by atoms with Crippen LogP contribution in [0.1, 0.15) is 33.4 Å². The van der Waals surface area contributed by atoms with Gasteiger partial charge >= 0.3 is 0 Å². The maximum absolute atomic E-state index is 5.09. The molecule has 1 aromatic heterocycles. The maximum atomic E-state index is 5.09. The summed E-state index contributed by atoms with van der Waals surface area (Å²) in [6, 6.07) is 48.2. The van der Waals surface area contributed by atoms with Crippen molar-refractivity contribution in [2.75, 3.05) is 4.90 Å². The molecule has 0 radical (unpaired) electrons. The molecule has 7 rings (SSSR count). The van der Waals surface area contributed by atoms with E-state index in [1.54, 1.807) is 0 Å². The van der Waals surface area contributed by atoms with E-state index in [1.807, 2.05) is 0 Å². The Morgan fingerprint density at radius 2 is 1.04 bits per heavy atom. The Labute approximate surface area is 285 Å². The predicted molar refractivity (Wildman–Crippen MR) is 208 cm³/mol. The van der Waals surface area contributed by atoms with Gasteiger partial charge in [0, 0.05) is 28.5 Å². The van der Waals surface area contributed by atoms with Crippen LogP contribution in [0.15, 0.2) is 140 Å². The van der Waals surface area contributed by atoms with Gasteiger partial charge in [0.1, 0.15) is 0 Å². The number of hydrogen-bond donors (Lipinski definition) is 0. The summed E-state index contributed by atoms with van der Waals surface area (Å²) < 4.78 is 0. The van der Waals surface area contributed by atoms with Gasteiger partial charge in [-0.05, 0) is 83.3 Å². The summed E-state index contributed by atoms with van der Waals surface area (Å²) in [5, 5.41) is 2.44. The Kier molecular flexibility index (Phi) is 8.46. The van der Waals surface area contributed by atoms with Crippen LogP contribution < -0.4 is 21.3 Å². The molecule has 0 atom stereocenters. The van der Waals surface area contributed by atoms with Crippen LogP contribution in [-0.2, 0) is 0 Å². The first-order valence-corrected chi connectivity index (χ1v) is 16.8. The van der Waals surface area contributed by atoms with E-state index >= 15 is 0 Å². The summed E-state index contributed by atoms with van der Waals surface area (Å²) in [7, 11) is 0. The molecule has 0 saturated heterocycles.